The number of carbonyl (C=O) groups is 1. The van der Waals surface area contributed by atoms with Crippen molar-refractivity contribution in [2.75, 3.05) is 23.2 Å². The molecule has 7 aromatic carbocycles. The Bertz CT molecular complexity index is 2420. The number of carbonyl (C=O) groups excluding carboxylic acids is 1. The molecule has 0 fully saturated rings. The number of nitrogens with two attached hydrogens (primary N) is 2. The zero-order chi connectivity index (χ0) is 41.4. The molecule has 0 aliphatic carbocycles. The van der Waals surface area contributed by atoms with Gasteiger partial charge >= 0.3 is 5.97 Å². The molecule has 1 atom stereocenters. The second kappa shape index (κ2) is 17.6. The fourth-order valence-electron chi connectivity index (χ4n) is 8.53. The highest BCUT2D eigenvalue weighted by Gasteiger charge is 2.44. The Morgan fingerprint density at radius 2 is 0.933 bits per heavy atom. The van der Waals surface area contributed by atoms with Crippen molar-refractivity contribution in [1.82, 2.24) is 4.98 Å². The van der Waals surface area contributed by atoms with Crippen LogP contribution in [0.2, 0.25) is 0 Å². The minimum absolute atomic E-state index is 0.0283. The lowest BCUT2D eigenvalue weighted by Crippen LogP contribution is -2.53. The summed E-state index contributed by atoms with van der Waals surface area (Å²) in [5.41, 5.74) is 13.0. The van der Waals surface area contributed by atoms with E-state index in [0.717, 1.165) is 38.9 Å². The standard InChI is InChI=1S/C53H47N5O2/c1-60-49(59)38-46(39-23-9-2-10-24-39)47-37-48(57-52(40-25-11-3-12-26-40,41-27-13-4-14-28-41)42-29-15-5-16-30-42)56-51(50(47)54)58(55)53(43-31-17-6-18-32-43,44-33-19-7-20-34-44)45-35-21-8-22-36-45/h2-37,46H,38,54-55H2,1H3,(H,56,57). The minimum atomic E-state index is -1.12. The number of benzene rings is 7. The summed E-state index contributed by atoms with van der Waals surface area (Å²) in [7, 11) is 1.40. The van der Waals surface area contributed by atoms with E-state index >= 15 is 0 Å². The van der Waals surface area contributed by atoms with Crippen LogP contribution in [0.3, 0.4) is 0 Å². The van der Waals surface area contributed by atoms with Crippen LogP contribution in [0.4, 0.5) is 17.3 Å². The third-order valence-electron chi connectivity index (χ3n) is 11.3. The Hall–Kier alpha value is -7.48. The quantitative estimate of drug-likeness (QED) is 0.0436. The van der Waals surface area contributed by atoms with Crippen LogP contribution in [0, 0.1) is 0 Å². The molecule has 0 bridgehead atoms. The molecular formula is C53H47N5O2. The molecule has 0 saturated heterocycles. The van der Waals surface area contributed by atoms with Gasteiger partial charge in [0, 0.05) is 5.92 Å². The molecule has 1 aromatic heterocycles. The molecule has 0 radical (unpaired) electrons. The van der Waals surface area contributed by atoms with Crippen molar-refractivity contribution in [3.63, 3.8) is 0 Å². The van der Waals surface area contributed by atoms with E-state index in [1.807, 2.05) is 146 Å². The van der Waals surface area contributed by atoms with Crippen LogP contribution in [0.25, 0.3) is 0 Å². The summed E-state index contributed by atoms with van der Waals surface area (Å²) in [6, 6.07) is 73.4. The zero-order valence-corrected chi connectivity index (χ0v) is 33.4. The Morgan fingerprint density at radius 1 is 0.583 bits per heavy atom. The van der Waals surface area contributed by atoms with Gasteiger partial charge in [0.2, 0.25) is 0 Å². The van der Waals surface area contributed by atoms with Gasteiger partial charge in [0.15, 0.2) is 5.82 Å². The van der Waals surface area contributed by atoms with Crippen molar-refractivity contribution < 1.29 is 9.53 Å². The molecular weight excluding hydrogens is 739 g/mol. The SMILES string of the molecule is COC(=O)CC(c1ccccc1)c1cc(NC(c2ccccc2)(c2ccccc2)c2ccccc2)nc(N(N)C(c2ccccc2)(c2ccccc2)c2ccccc2)c1N. The van der Waals surface area contributed by atoms with E-state index in [-0.39, 0.29) is 12.4 Å². The molecule has 5 N–H and O–H groups in total. The van der Waals surface area contributed by atoms with Crippen LogP contribution in [-0.2, 0) is 20.6 Å². The summed E-state index contributed by atoms with van der Waals surface area (Å²) in [4.78, 5) is 18.8. The third kappa shape index (κ3) is 7.39. The van der Waals surface area contributed by atoms with Gasteiger partial charge in [-0.3, -0.25) is 9.80 Å². The zero-order valence-electron chi connectivity index (χ0n) is 33.4. The largest absolute Gasteiger partial charge is 0.469 e. The van der Waals surface area contributed by atoms with Gasteiger partial charge in [0.1, 0.15) is 16.9 Å². The molecule has 1 unspecified atom stereocenters. The van der Waals surface area contributed by atoms with Crippen molar-refractivity contribution in [2.24, 2.45) is 5.84 Å². The fraction of sp³-hybridized carbons (Fsp3) is 0.0943. The van der Waals surface area contributed by atoms with Gasteiger partial charge < -0.3 is 15.8 Å². The second-order valence-electron chi connectivity index (χ2n) is 14.7. The lowest BCUT2D eigenvalue weighted by Gasteiger charge is -2.44. The van der Waals surface area contributed by atoms with Crippen molar-refractivity contribution in [3.8, 4) is 0 Å². The van der Waals surface area contributed by atoms with Crippen molar-refractivity contribution in [3.05, 3.63) is 263 Å². The number of nitrogens with one attached hydrogen (secondary N) is 1. The van der Waals surface area contributed by atoms with Crippen LogP contribution >= 0.6 is 0 Å². The smallest absolute Gasteiger partial charge is 0.306 e. The first-order valence-electron chi connectivity index (χ1n) is 20.0. The Labute approximate surface area is 351 Å². The number of ether oxygens (including phenoxy) is 1. The van der Waals surface area contributed by atoms with Gasteiger partial charge in [0.25, 0.3) is 0 Å². The van der Waals surface area contributed by atoms with Gasteiger partial charge in [-0.25, -0.2) is 10.8 Å². The monoisotopic (exact) mass is 785 g/mol. The predicted octanol–water partition coefficient (Wildman–Crippen LogP) is 10.4. The average Bonchev–Trinajstić information content (AvgIpc) is 3.33. The predicted molar refractivity (Wildman–Crippen MR) is 242 cm³/mol. The topological polar surface area (TPSA) is 106 Å². The molecule has 8 rings (SSSR count). The number of hydrogen-bond donors (Lipinski definition) is 3. The van der Waals surface area contributed by atoms with Crippen LogP contribution in [0.15, 0.2) is 218 Å². The number of rotatable bonds is 14. The lowest BCUT2D eigenvalue weighted by molar-refractivity contribution is -0.140. The van der Waals surface area contributed by atoms with E-state index in [1.165, 1.54) is 7.11 Å². The summed E-state index contributed by atoms with van der Waals surface area (Å²) < 4.78 is 5.31. The number of hydrogen-bond acceptors (Lipinski definition) is 7. The molecule has 0 aliphatic heterocycles. The van der Waals surface area contributed by atoms with Crippen LogP contribution in [0.1, 0.15) is 56.8 Å². The maximum absolute atomic E-state index is 13.4. The number of hydrazine groups is 1. The Morgan fingerprint density at radius 3 is 1.30 bits per heavy atom. The van der Waals surface area contributed by atoms with Crippen molar-refractivity contribution in [1.29, 1.82) is 0 Å². The summed E-state index contributed by atoms with van der Waals surface area (Å²) in [5.74, 6) is 7.66. The summed E-state index contributed by atoms with van der Waals surface area (Å²) in [6.07, 6.45) is 0.0283. The van der Waals surface area contributed by atoms with Crippen LogP contribution in [-0.4, -0.2) is 18.1 Å². The summed E-state index contributed by atoms with van der Waals surface area (Å²) in [6.45, 7) is 0. The summed E-state index contributed by atoms with van der Waals surface area (Å²) in [5, 5.41) is 5.68. The van der Waals surface area contributed by atoms with Gasteiger partial charge in [0.05, 0.1) is 19.2 Å². The number of nitrogens with zero attached hydrogens (tertiary/aromatic N) is 2. The number of methoxy groups -OCH3 is 1. The number of aromatic nitrogens is 1. The van der Waals surface area contributed by atoms with E-state index in [2.05, 4.69) is 78.1 Å². The Balaban J connectivity index is 1.46. The normalized spacial score (nSPS) is 12.0. The molecule has 8 aromatic rings. The fourth-order valence-corrected chi connectivity index (χ4v) is 8.53. The van der Waals surface area contributed by atoms with Crippen molar-refractivity contribution >= 4 is 23.3 Å². The molecule has 0 aliphatic rings. The molecule has 1 heterocycles. The molecule has 60 heavy (non-hydrogen) atoms. The first-order valence-corrected chi connectivity index (χ1v) is 20.0. The molecule has 0 amide bonds. The van der Waals surface area contributed by atoms with Gasteiger partial charge in [-0.05, 0) is 50.6 Å². The highest BCUT2D eigenvalue weighted by Crippen LogP contribution is 2.48. The Kier molecular flexibility index (Phi) is 11.5. The van der Waals surface area contributed by atoms with E-state index in [4.69, 9.17) is 21.3 Å². The van der Waals surface area contributed by atoms with Gasteiger partial charge in [-0.15, -0.1) is 0 Å². The first-order chi connectivity index (χ1) is 29.5. The highest BCUT2D eigenvalue weighted by atomic mass is 16.5. The van der Waals surface area contributed by atoms with Crippen LogP contribution in [0.5, 0.6) is 0 Å². The maximum atomic E-state index is 13.4. The molecule has 0 saturated carbocycles. The van der Waals surface area contributed by atoms with E-state index < -0.39 is 17.0 Å². The van der Waals surface area contributed by atoms with E-state index in [0.29, 0.717) is 22.9 Å². The minimum Gasteiger partial charge on any atom is -0.469 e. The first kappa shape index (κ1) is 39.4. The number of anilines is 3. The lowest BCUT2D eigenvalue weighted by atomic mass is 9.76. The highest BCUT2D eigenvalue weighted by molar-refractivity contribution is 5.78. The van der Waals surface area contributed by atoms with Gasteiger partial charge in [-0.1, -0.05) is 212 Å². The number of nitrogen functional groups attached to an aromatic ring is 1. The summed E-state index contributed by atoms with van der Waals surface area (Å²) >= 11 is 0. The number of pyridine rings is 1. The second-order valence-corrected chi connectivity index (χ2v) is 14.7. The molecule has 7 nitrogen and oxygen atoms in total. The number of esters is 1. The third-order valence-corrected chi connectivity index (χ3v) is 11.3. The average molecular weight is 786 g/mol. The van der Waals surface area contributed by atoms with Gasteiger partial charge in [-0.2, -0.15) is 0 Å². The molecule has 0 spiro atoms. The van der Waals surface area contributed by atoms with E-state index in [1.54, 1.807) is 5.01 Å². The molecule has 296 valence electrons. The maximum Gasteiger partial charge on any atom is 0.306 e. The van der Waals surface area contributed by atoms with Crippen molar-refractivity contribution in [2.45, 2.75) is 23.4 Å². The van der Waals surface area contributed by atoms with Crippen LogP contribution < -0.4 is 21.9 Å². The van der Waals surface area contributed by atoms with E-state index in [9.17, 15) is 4.79 Å². The molecule has 7 heteroatoms.